The van der Waals surface area contributed by atoms with Crippen molar-refractivity contribution >= 4 is 18.7 Å². The maximum absolute atomic E-state index is 13.0. The van der Waals surface area contributed by atoms with Crippen molar-refractivity contribution in [1.29, 1.82) is 0 Å². The number of nitrogens with two attached hydrogens (primary N) is 2. The van der Waals surface area contributed by atoms with Crippen molar-refractivity contribution in [1.82, 2.24) is 34.7 Å². The fourth-order valence-electron chi connectivity index (χ4n) is 5.28. The molecule has 5 aromatic rings. The average molecular weight is 886 g/mol. The number of nitrogens with zero attached hydrogens (tertiary/aromatic N) is 5. The number of terminal acetylenes is 1. The number of methoxy groups -OCH3 is 2. The first-order valence-electron chi connectivity index (χ1n) is 21.2. The highest BCUT2D eigenvalue weighted by Gasteiger charge is 2.16. The molecule has 6 N–H and O–H groups in total. The molecule has 3 heterocycles. The van der Waals surface area contributed by atoms with Gasteiger partial charge >= 0.3 is 0 Å². The molecule has 5 rings (SSSR count). The van der Waals surface area contributed by atoms with E-state index in [1.54, 1.807) is 26.6 Å². The molecule has 0 saturated carbocycles. The van der Waals surface area contributed by atoms with Crippen molar-refractivity contribution in [3.05, 3.63) is 116 Å². The largest absolute Gasteiger partial charge is 0.471 e. The highest BCUT2D eigenvalue weighted by atomic mass is 16.5. The summed E-state index contributed by atoms with van der Waals surface area (Å²) in [5.74, 6) is 1.91. The van der Waals surface area contributed by atoms with Gasteiger partial charge in [-0.1, -0.05) is 83.1 Å². The molecule has 0 aliphatic carbocycles. The number of pyridine rings is 1. The van der Waals surface area contributed by atoms with Crippen molar-refractivity contribution in [3.8, 4) is 46.5 Å². The molecule has 64 heavy (non-hydrogen) atoms. The number of hydrogen-bond acceptors (Lipinski definition) is 11. The summed E-state index contributed by atoms with van der Waals surface area (Å²) in [5, 5.41) is 0. The number of aldehydes is 1. The Morgan fingerprint density at radius 3 is 1.45 bits per heavy atom. The van der Waals surface area contributed by atoms with Crippen LogP contribution in [0.4, 0.5) is 0 Å². The van der Waals surface area contributed by atoms with E-state index in [0.29, 0.717) is 38.8 Å². The molecule has 0 radical (unpaired) electrons. The topological polar surface area (TPSA) is 198 Å². The Bertz CT molecular complexity index is 1800. The quantitative estimate of drug-likeness (QED) is 0.0420. The van der Waals surface area contributed by atoms with Crippen LogP contribution in [0.5, 0.6) is 0 Å². The summed E-state index contributed by atoms with van der Waals surface area (Å²) in [6.45, 7) is 19.5. The van der Waals surface area contributed by atoms with Gasteiger partial charge in [-0.2, -0.15) is 0 Å². The van der Waals surface area contributed by atoms with Crippen LogP contribution in [0.25, 0.3) is 33.6 Å². The van der Waals surface area contributed by atoms with Crippen LogP contribution in [0.2, 0.25) is 0 Å². The van der Waals surface area contributed by atoms with Gasteiger partial charge in [-0.15, -0.1) is 26.0 Å². The minimum absolute atomic E-state index is 0.138. The third-order valence-corrected chi connectivity index (χ3v) is 7.83. The summed E-state index contributed by atoms with van der Waals surface area (Å²) >= 11 is 0. The van der Waals surface area contributed by atoms with Gasteiger partial charge in [-0.25, -0.2) is 9.97 Å². The van der Waals surface area contributed by atoms with Crippen LogP contribution in [0.3, 0.4) is 0 Å². The standard InChI is InChI=1S/C35H41N7O.C3H6O.C2H4O2.C2H6O.C2H6.C2H4.C2H2.2CH5N/c1-4-20-41(3)24-33-37-22-31(39-33)29-11-7-27(8-12-29)28-9-13-30(14-10-28)32-23-38-34(40-32)25-42(21-5-2)35(43)15-6-26-16-18-36-19-17-26;1-2-3-4;1-4-2-3;1-3-2;5*1-2/h7-14,16-19,22-23H,4-6,15,20-21,24-25H2,1-3H3,(H,37,39)(H,38,40);3H,2H2,1H3;2H,1H3;1-2H3;1-2H3;1-2H2;1-2H;2*2H2,1H3. The van der Waals surface area contributed by atoms with E-state index in [0.717, 1.165) is 83.1 Å². The second-order valence-corrected chi connectivity index (χ2v) is 12.4. The van der Waals surface area contributed by atoms with Crippen LogP contribution < -0.4 is 11.5 Å². The maximum Gasteiger partial charge on any atom is 0.292 e. The fraction of sp³-hybridized carbons (Fsp3) is 0.400. The normalized spacial score (nSPS) is 8.94. The van der Waals surface area contributed by atoms with E-state index < -0.39 is 0 Å². The van der Waals surface area contributed by atoms with E-state index in [9.17, 15) is 9.59 Å². The Labute approximate surface area is 385 Å². The number of nitrogens with one attached hydrogen (secondary N) is 2. The molecule has 0 bridgehead atoms. The van der Waals surface area contributed by atoms with Gasteiger partial charge < -0.3 is 40.6 Å². The van der Waals surface area contributed by atoms with Crippen molar-refractivity contribution in [2.45, 2.75) is 79.8 Å². The van der Waals surface area contributed by atoms with Crippen molar-refractivity contribution < 1.29 is 23.9 Å². The zero-order chi connectivity index (χ0) is 49.6. The SMILES string of the molecule is C#C.C=C.CC.CCC=O.CCCN(C)Cc1ncc(-c2ccc(-c3ccc(-c4cnc(CN(CCC)C(=O)CCc5ccncc5)[nH]4)cc3)cc2)[nH]1.CN.CN.COC.COC=O. The van der Waals surface area contributed by atoms with Gasteiger partial charge in [0.25, 0.3) is 6.47 Å². The Morgan fingerprint density at radius 2 is 1.09 bits per heavy atom. The number of aromatic nitrogens is 5. The molecule has 14 nitrogen and oxygen atoms in total. The number of hydrogen-bond donors (Lipinski definition) is 4. The third kappa shape index (κ3) is 28.4. The lowest BCUT2D eigenvalue weighted by atomic mass is 10.0. The molecule has 0 atom stereocenters. The van der Waals surface area contributed by atoms with Gasteiger partial charge in [0.15, 0.2) is 0 Å². The minimum atomic E-state index is 0.138. The molecule has 0 spiro atoms. The number of carbonyl (C=O) groups is 3. The molecular formula is C50H79N9O5. The number of imidazole rings is 2. The lowest BCUT2D eigenvalue weighted by molar-refractivity contribution is -0.132. The Balaban J connectivity index is -0.000000735. The van der Waals surface area contributed by atoms with Gasteiger partial charge in [-0.05, 0) is 86.9 Å². The van der Waals surface area contributed by atoms with Crippen LogP contribution in [0.1, 0.15) is 77.5 Å². The number of H-pyrrole nitrogens is 2. The first-order chi connectivity index (χ1) is 31.3. The minimum Gasteiger partial charge on any atom is -0.471 e. The summed E-state index contributed by atoms with van der Waals surface area (Å²) in [5.41, 5.74) is 16.6. The second kappa shape index (κ2) is 46.3. The number of ether oxygens (including phenoxy) is 2. The summed E-state index contributed by atoms with van der Waals surface area (Å²) in [6, 6.07) is 21.0. The van der Waals surface area contributed by atoms with E-state index in [4.69, 9.17) is 4.79 Å². The number of aromatic amines is 2. The zero-order valence-electron chi connectivity index (χ0n) is 40.6. The molecule has 1 amide bonds. The van der Waals surface area contributed by atoms with Crippen molar-refractivity contribution in [3.63, 3.8) is 0 Å². The van der Waals surface area contributed by atoms with Gasteiger partial charge in [0.05, 0.1) is 44.0 Å². The average Bonchev–Trinajstić information content (AvgIpc) is 4.05. The summed E-state index contributed by atoms with van der Waals surface area (Å²) in [6.07, 6.45) is 20.0. The van der Waals surface area contributed by atoms with Crippen molar-refractivity contribution in [2.24, 2.45) is 11.5 Å². The maximum atomic E-state index is 13.0. The predicted octanol–water partition coefficient (Wildman–Crippen LogP) is 8.62. The van der Waals surface area contributed by atoms with Crippen molar-refractivity contribution in [2.75, 3.05) is 55.6 Å². The number of aryl methyl sites for hydroxylation is 1. The third-order valence-electron chi connectivity index (χ3n) is 7.83. The molecule has 14 heteroatoms. The molecule has 0 aliphatic heterocycles. The van der Waals surface area contributed by atoms with E-state index in [2.05, 4.69) is 146 Å². The second-order valence-electron chi connectivity index (χ2n) is 12.4. The van der Waals surface area contributed by atoms with Crippen LogP contribution in [0, 0.1) is 12.8 Å². The molecule has 0 fully saturated rings. The van der Waals surface area contributed by atoms with Crippen LogP contribution in [-0.2, 0) is 43.4 Å². The van der Waals surface area contributed by atoms with E-state index >= 15 is 0 Å². The monoisotopic (exact) mass is 886 g/mol. The van der Waals surface area contributed by atoms with Crippen LogP contribution >= 0.6 is 0 Å². The summed E-state index contributed by atoms with van der Waals surface area (Å²) in [4.78, 5) is 55.4. The summed E-state index contributed by atoms with van der Waals surface area (Å²) < 4.78 is 8.11. The lowest BCUT2D eigenvalue weighted by Gasteiger charge is -2.21. The lowest BCUT2D eigenvalue weighted by Crippen LogP contribution is -2.31. The molecule has 354 valence electrons. The van der Waals surface area contributed by atoms with Gasteiger partial charge in [0.1, 0.15) is 17.9 Å². The highest BCUT2D eigenvalue weighted by Crippen LogP contribution is 2.27. The van der Waals surface area contributed by atoms with E-state index in [-0.39, 0.29) is 5.91 Å². The first kappa shape index (κ1) is 64.4. The number of carbonyl (C=O) groups excluding carboxylic acids is 3. The Morgan fingerprint density at radius 1 is 0.719 bits per heavy atom. The van der Waals surface area contributed by atoms with E-state index in [1.165, 1.54) is 21.2 Å². The Kier molecular flexibility index (Phi) is 46.5. The fourth-order valence-corrected chi connectivity index (χ4v) is 5.28. The first-order valence-corrected chi connectivity index (χ1v) is 21.2. The number of benzene rings is 2. The number of amides is 1. The van der Waals surface area contributed by atoms with Gasteiger partial charge in [0.2, 0.25) is 5.91 Å². The predicted molar refractivity (Wildman–Crippen MR) is 267 cm³/mol. The van der Waals surface area contributed by atoms with E-state index in [1.807, 2.05) is 50.2 Å². The molecule has 0 saturated heterocycles. The molecule has 2 aromatic carbocycles. The molecule has 3 aromatic heterocycles. The highest BCUT2D eigenvalue weighted by molar-refractivity contribution is 5.76. The smallest absolute Gasteiger partial charge is 0.292 e. The zero-order valence-corrected chi connectivity index (χ0v) is 40.6. The molecular weight excluding hydrogens is 807 g/mol. The molecule has 0 aliphatic rings. The summed E-state index contributed by atoms with van der Waals surface area (Å²) in [7, 11) is 9.68. The number of rotatable bonds is 16. The van der Waals surface area contributed by atoms with Gasteiger partial charge in [-0.3, -0.25) is 19.5 Å². The van der Waals surface area contributed by atoms with Gasteiger partial charge in [0, 0.05) is 46.0 Å². The van der Waals surface area contributed by atoms with Crippen LogP contribution in [-0.4, -0.2) is 109 Å². The van der Waals surface area contributed by atoms with Crippen LogP contribution in [0.15, 0.2) is 98.6 Å². The Hall–Kier alpha value is -6.24. The molecule has 0 unspecified atom stereocenters.